The molecule has 0 saturated carbocycles. The number of hydrogen-bond acceptors (Lipinski definition) is 2. The molecule has 2 rings (SSSR count). The van der Waals surface area contributed by atoms with Gasteiger partial charge in [-0.1, -0.05) is 22.9 Å². The average Bonchev–Trinajstić information content (AvgIpc) is 2.36. The van der Waals surface area contributed by atoms with E-state index in [4.69, 9.17) is 5.73 Å². The van der Waals surface area contributed by atoms with Gasteiger partial charge in [-0.15, -0.1) is 0 Å². The minimum absolute atomic E-state index is 0.0540. The van der Waals surface area contributed by atoms with Crippen LogP contribution in [0.15, 0.2) is 22.7 Å². The van der Waals surface area contributed by atoms with E-state index in [1.54, 1.807) is 11.0 Å². The molecule has 104 valence electrons. The van der Waals surface area contributed by atoms with E-state index in [0.29, 0.717) is 29.0 Å². The van der Waals surface area contributed by atoms with Gasteiger partial charge in [0.1, 0.15) is 5.82 Å². The van der Waals surface area contributed by atoms with Gasteiger partial charge in [0, 0.05) is 29.2 Å². The van der Waals surface area contributed by atoms with E-state index < -0.39 is 5.82 Å². The van der Waals surface area contributed by atoms with Gasteiger partial charge in [-0.2, -0.15) is 0 Å². The van der Waals surface area contributed by atoms with Crippen LogP contribution in [0.25, 0.3) is 0 Å². The second-order valence-electron chi connectivity index (χ2n) is 5.18. The molecule has 0 radical (unpaired) electrons. The largest absolute Gasteiger partial charge is 0.334 e. The molecule has 0 aromatic heterocycles. The summed E-state index contributed by atoms with van der Waals surface area (Å²) in [4.78, 5) is 14.2. The third-order valence-corrected chi connectivity index (χ3v) is 4.08. The van der Waals surface area contributed by atoms with Gasteiger partial charge in [-0.25, -0.2) is 4.39 Å². The number of rotatable bonds is 2. The molecule has 5 heteroatoms. The van der Waals surface area contributed by atoms with Gasteiger partial charge in [0.05, 0.1) is 0 Å². The lowest BCUT2D eigenvalue weighted by atomic mass is 9.92. The highest BCUT2D eigenvalue weighted by Gasteiger charge is 2.29. The van der Waals surface area contributed by atoms with Crippen LogP contribution in [0.3, 0.4) is 0 Å². The zero-order valence-corrected chi connectivity index (χ0v) is 12.5. The molecule has 0 spiro atoms. The standard InChI is InChI=1S/C14H18BrFN2O/c1-9-2-3-18(13(4-9)8-17)14(19)10-5-11(15)7-12(16)6-10/h5-7,9,13H,2-4,8,17H2,1H3. The van der Waals surface area contributed by atoms with Crippen molar-refractivity contribution in [2.24, 2.45) is 11.7 Å². The fraction of sp³-hybridized carbons (Fsp3) is 0.500. The molecule has 1 heterocycles. The monoisotopic (exact) mass is 328 g/mol. The Morgan fingerprint density at radius 1 is 1.53 bits per heavy atom. The second kappa shape index (κ2) is 6.01. The Balaban J connectivity index is 2.22. The summed E-state index contributed by atoms with van der Waals surface area (Å²) in [7, 11) is 0. The predicted octanol–water partition coefficient (Wildman–Crippen LogP) is 2.79. The van der Waals surface area contributed by atoms with Gasteiger partial charge >= 0.3 is 0 Å². The number of amides is 1. The Hall–Kier alpha value is -0.940. The van der Waals surface area contributed by atoms with E-state index in [1.807, 2.05) is 0 Å². The Morgan fingerprint density at radius 2 is 2.26 bits per heavy atom. The number of likely N-dealkylation sites (tertiary alicyclic amines) is 1. The molecule has 19 heavy (non-hydrogen) atoms. The van der Waals surface area contributed by atoms with Crippen LogP contribution < -0.4 is 5.73 Å². The Kier molecular flexibility index (Phi) is 4.58. The molecule has 0 bridgehead atoms. The van der Waals surface area contributed by atoms with Crippen molar-refractivity contribution < 1.29 is 9.18 Å². The van der Waals surface area contributed by atoms with Crippen molar-refractivity contribution in [2.75, 3.05) is 13.1 Å². The number of nitrogens with zero attached hydrogens (tertiary/aromatic N) is 1. The zero-order valence-electron chi connectivity index (χ0n) is 10.9. The van der Waals surface area contributed by atoms with Crippen LogP contribution in [0.5, 0.6) is 0 Å². The normalized spacial score (nSPS) is 23.5. The maximum absolute atomic E-state index is 13.4. The third-order valence-electron chi connectivity index (χ3n) is 3.62. The van der Waals surface area contributed by atoms with Crippen molar-refractivity contribution >= 4 is 21.8 Å². The molecule has 1 aromatic carbocycles. The van der Waals surface area contributed by atoms with E-state index in [9.17, 15) is 9.18 Å². The van der Waals surface area contributed by atoms with Crippen LogP contribution in [0.4, 0.5) is 4.39 Å². The summed E-state index contributed by atoms with van der Waals surface area (Å²) < 4.78 is 13.9. The van der Waals surface area contributed by atoms with E-state index in [-0.39, 0.29) is 11.9 Å². The highest BCUT2D eigenvalue weighted by molar-refractivity contribution is 9.10. The first-order chi connectivity index (χ1) is 9.01. The number of carbonyl (C=O) groups excluding carboxylic acids is 1. The highest BCUT2D eigenvalue weighted by atomic mass is 79.9. The molecule has 2 unspecified atom stereocenters. The number of nitrogens with two attached hydrogens (primary N) is 1. The van der Waals surface area contributed by atoms with Crippen molar-refractivity contribution in [3.8, 4) is 0 Å². The number of halogens is 2. The fourth-order valence-corrected chi connectivity index (χ4v) is 3.05. The lowest BCUT2D eigenvalue weighted by Gasteiger charge is -2.38. The number of piperidine rings is 1. The molecule has 3 nitrogen and oxygen atoms in total. The van der Waals surface area contributed by atoms with Gasteiger partial charge in [0.2, 0.25) is 0 Å². The summed E-state index contributed by atoms with van der Waals surface area (Å²) in [6.07, 6.45) is 1.89. The smallest absolute Gasteiger partial charge is 0.254 e. The lowest BCUT2D eigenvalue weighted by molar-refractivity contribution is 0.0573. The summed E-state index contributed by atoms with van der Waals surface area (Å²) >= 11 is 3.21. The Labute approximate surface area is 121 Å². The first-order valence-corrected chi connectivity index (χ1v) is 7.27. The third kappa shape index (κ3) is 3.34. The zero-order chi connectivity index (χ0) is 14.0. The van der Waals surface area contributed by atoms with Crippen molar-refractivity contribution in [1.29, 1.82) is 0 Å². The molecule has 2 atom stereocenters. The molecule has 1 aliphatic rings. The SMILES string of the molecule is CC1CCN(C(=O)c2cc(F)cc(Br)c2)C(CN)C1. The van der Waals surface area contributed by atoms with E-state index >= 15 is 0 Å². The molecule has 1 aromatic rings. The Bertz CT molecular complexity index is 460. The quantitative estimate of drug-likeness (QED) is 0.907. The van der Waals surface area contributed by atoms with Gasteiger partial charge in [0.15, 0.2) is 0 Å². The molecule has 1 amide bonds. The number of benzene rings is 1. The predicted molar refractivity (Wildman–Crippen MR) is 76.4 cm³/mol. The van der Waals surface area contributed by atoms with Gasteiger partial charge < -0.3 is 10.6 Å². The van der Waals surface area contributed by atoms with Gasteiger partial charge in [-0.05, 0) is 37.0 Å². The van der Waals surface area contributed by atoms with Gasteiger partial charge in [0.25, 0.3) is 5.91 Å². The maximum atomic E-state index is 13.4. The van der Waals surface area contributed by atoms with Crippen LogP contribution in [0.2, 0.25) is 0 Å². The Morgan fingerprint density at radius 3 is 2.89 bits per heavy atom. The fourth-order valence-electron chi connectivity index (χ4n) is 2.59. The van der Waals surface area contributed by atoms with E-state index in [1.165, 1.54) is 12.1 Å². The summed E-state index contributed by atoms with van der Waals surface area (Å²) in [5.74, 6) is 0.0341. The van der Waals surface area contributed by atoms with Crippen molar-refractivity contribution in [2.45, 2.75) is 25.8 Å². The first kappa shape index (κ1) is 14.5. The summed E-state index contributed by atoms with van der Waals surface area (Å²) in [5.41, 5.74) is 6.13. The lowest BCUT2D eigenvalue weighted by Crippen LogP contribution is -2.49. The molecule has 2 N–H and O–H groups in total. The second-order valence-corrected chi connectivity index (χ2v) is 6.09. The molecule has 1 aliphatic heterocycles. The van der Waals surface area contributed by atoms with Crippen LogP contribution in [-0.4, -0.2) is 29.9 Å². The minimum atomic E-state index is -0.410. The maximum Gasteiger partial charge on any atom is 0.254 e. The van der Waals surface area contributed by atoms with Crippen LogP contribution in [-0.2, 0) is 0 Å². The topological polar surface area (TPSA) is 46.3 Å². The minimum Gasteiger partial charge on any atom is -0.334 e. The number of hydrogen-bond donors (Lipinski definition) is 1. The molecule has 1 fully saturated rings. The molecular weight excluding hydrogens is 311 g/mol. The van der Waals surface area contributed by atoms with Gasteiger partial charge in [-0.3, -0.25) is 4.79 Å². The summed E-state index contributed by atoms with van der Waals surface area (Å²) in [6.45, 7) is 3.31. The van der Waals surface area contributed by atoms with Crippen LogP contribution in [0, 0.1) is 11.7 Å². The number of carbonyl (C=O) groups is 1. The molecular formula is C14H18BrFN2O. The highest BCUT2D eigenvalue weighted by Crippen LogP contribution is 2.25. The average molecular weight is 329 g/mol. The molecule has 1 saturated heterocycles. The van der Waals surface area contributed by atoms with Crippen LogP contribution >= 0.6 is 15.9 Å². The van der Waals surface area contributed by atoms with E-state index in [2.05, 4.69) is 22.9 Å². The van der Waals surface area contributed by atoms with Crippen molar-refractivity contribution in [3.63, 3.8) is 0 Å². The first-order valence-electron chi connectivity index (χ1n) is 6.48. The van der Waals surface area contributed by atoms with E-state index in [0.717, 1.165) is 12.8 Å². The van der Waals surface area contributed by atoms with Crippen molar-refractivity contribution in [1.82, 2.24) is 4.90 Å². The summed E-state index contributed by atoms with van der Waals surface area (Å²) in [6, 6.07) is 4.32. The van der Waals surface area contributed by atoms with Crippen LogP contribution in [0.1, 0.15) is 30.1 Å². The molecule has 0 aliphatic carbocycles. The summed E-state index contributed by atoms with van der Waals surface area (Å²) in [5, 5.41) is 0. The van der Waals surface area contributed by atoms with Crippen molar-refractivity contribution in [3.05, 3.63) is 34.1 Å².